The Balaban J connectivity index is 2.77. The number of hydrogen-bond donors (Lipinski definition) is 2. The number of para-hydroxylation sites is 1. The number of benzene rings is 1. The second-order valence-electron chi connectivity index (χ2n) is 4.65. The fourth-order valence-electron chi connectivity index (χ4n) is 1.85. The fraction of sp³-hybridized carbons (Fsp3) is 0.133. The van der Waals surface area contributed by atoms with Crippen LogP contribution in [0, 0.1) is 22.0 Å². The molecular weight excluding hydrogens is 302 g/mol. The highest BCUT2D eigenvalue weighted by Crippen LogP contribution is 2.26. The molecule has 0 radical (unpaired) electrons. The Morgan fingerprint density at radius 3 is 2.70 bits per heavy atom. The van der Waals surface area contributed by atoms with Crippen molar-refractivity contribution in [3.8, 4) is 11.8 Å². The second-order valence-corrected chi connectivity index (χ2v) is 4.65. The number of pyridine rings is 1. The zero-order valence-corrected chi connectivity index (χ0v) is 11.9. The van der Waals surface area contributed by atoms with Crippen molar-refractivity contribution in [3.63, 3.8) is 0 Å². The maximum Gasteiger partial charge on any atom is 0.354 e. The SMILES string of the molecule is CC(=O)C(N)C#Cc1cc(C(=O)O)nc2c([N+](=O)[O-])cccc12. The Labute approximate surface area is 130 Å². The molecule has 0 bridgehead atoms. The third kappa shape index (κ3) is 3.30. The average Bonchev–Trinajstić information content (AvgIpc) is 2.50. The summed E-state index contributed by atoms with van der Waals surface area (Å²) in [5.41, 5.74) is 4.93. The molecule has 0 fully saturated rings. The summed E-state index contributed by atoms with van der Waals surface area (Å²) in [6, 6.07) is 4.36. The number of carboxylic acids is 1. The summed E-state index contributed by atoms with van der Waals surface area (Å²) in [4.78, 5) is 36.5. The van der Waals surface area contributed by atoms with Gasteiger partial charge in [0.25, 0.3) is 5.69 Å². The standard InChI is InChI=1S/C15H11N3O5/c1-8(19)11(16)6-5-9-7-12(15(20)21)17-14-10(9)3-2-4-13(14)18(22)23/h2-4,7,11H,16H2,1H3,(H,20,21). The van der Waals surface area contributed by atoms with Gasteiger partial charge in [-0.3, -0.25) is 14.9 Å². The molecule has 0 amide bonds. The highest BCUT2D eigenvalue weighted by atomic mass is 16.6. The van der Waals surface area contributed by atoms with E-state index in [4.69, 9.17) is 10.8 Å². The van der Waals surface area contributed by atoms with Gasteiger partial charge in [0.2, 0.25) is 0 Å². The Bertz CT molecular complexity index is 895. The van der Waals surface area contributed by atoms with Gasteiger partial charge < -0.3 is 10.8 Å². The van der Waals surface area contributed by atoms with Crippen molar-refractivity contribution in [2.75, 3.05) is 0 Å². The summed E-state index contributed by atoms with van der Waals surface area (Å²) < 4.78 is 0. The Kier molecular flexibility index (Phi) is 4.34. The molecule has 0 aliphatic heterocycles. The molecule has 3 N–H and O–H groups in total. The number of carboxylic acid groups (broad SMARTS) is 1. The summed E-state index contributed by atoms with van der Waals surface area (Å²) in [5, 5.41) is 20.5. The largest absolute Gasteiger partial charge is 0.477 e. The summed E-state index contributed by atoms with van der Waals surface area (Å²) in [6.45, 7) is 1.28. The zero-order chi connectivity index (χ0) is 17.1. The number of hydrogen-bond acceptors (Lipinski definition) is 6. The van der Waals surface area contributed by atoms with Crippen molar-refractivity contribution >= 4 is 28.3 Å². The predicted octanol–water partition coefficient (Wildman–Crippen LogP) is 1.11. The van der Waals surface area contributed by atoms with Crippen molar-refractivity contribution in [2.45, 2.75) is 13.0 Å². The highest BCUT2D eigenvalue weighted by molar-refractivity contribution is 5.96. The predicted molar refractivity (Wildman–Crippen MR) is 80.9 cm³/mol. The minimum absolute atomic E-state index is 0.0851. The number of carbonyl (C=O) groups is 2. The van der Waals surface area contributed by atoms with E-state index in [1.54, 1.807) is 0 Å². The van der Waals surface area contributed by atoms with E-state index in [9.17, 15) is 19.7 Å². The van der Waals surface area contributed by atoms with Crippen molar-refractivity contribution in [1.29, 1.82) is 0 Å². The molecule has 0 saturated heterocycles. The number of aromatic nitrogens is 1. The third-order valence-corrected chi connectivity index (χ3v) is 3.03. The number of nitrogens with zero attached hydrogens (tertiary/aromatic N) is 2. The zero-order valence-electron chi connectivity index (χ0n) is 11.9. The molecule has 8 heteroatoms. The van der Waals surface area contributed by atoms with E-state index in [0.29, 0.717) is 5.39 Å². The van der Waals surface area contributed by atoms with Crippen LogP contribution in [0.15, 0.2) is 24.3 Å². The Hall–Kier alpha value is -3.31. The summed E-state index contributed by atoms with van der Waals surface area (Å²) in [5.74, 6) is 3.41. The lowest BCUT2D eigenvalue weighted by molar-refractivity contribution is -0.383. The summed E-state index contributed by atoms with van der Waals surface area (Å²) >= 11 is 0. The molecule has 1 unspecified atom stereocenters. The number of nitrogens with two attached hydrogens (primary N) is 1. The first-order valence-corrected chi connectivity index (χ1v) is 6.40. The summed E-state index contributed by atoms with van der Waals surface area (Å²) in [6.07, 6.45) is 0. The molecule has 2 aromatic rings. The molecule has 2 rings (SSSR count). The highest BCUT2D eigenvalue weighted by Gasteiger charge is 2.18. The van der Waals surface area contributed by atoms with Gasteiger partial charge in [0, 0.05) is 17.0 Å². The number of non-ortho nitro benzene ring substituents is 1. The van der Waals surface area contributed by atoms with Crippen molar-refractivity contribution in [3.05, 3.63) is 45.6 Å². The van der Waals surface area contributed by atoms with Gasteiger partial charge >= 0.3 is 5.97 Å². The lowest BCUT2D eigenvalue weighted by atomic mass is 10.1. The van der Waals surface area contributed by atoms with Gasteiger partial charge in [-0.1, -0.05) is 24.0 Å². The topological polar surface area (TPSA) is 136 Å². The number of ketones is 1. The van der Waals surface area contributed by atoms with Crippen LogP contribution in [0.1, 0.15) is 23.0 Å². The van der Waals surface area contributed by atoms with Crippen LogP contribution in [0.4, 0.5) is 5.69 Å². The van der Waals surface area contributed by atoms with Crippen molar-refractivity contribution < 1.29 is 19.6 Å². The van der Waals surface area contributed by atoms with Crippen LogP contribution in [0.25, 0.3) is 10.9 Å². The second kappa shape index (κ2) is 6.21. The summed E-state index contributed by atoms with van der Waals surface area (Å²) in [7, 11) is 0. The van der Waals surface area contributed by atoms with Gasteiger partial charge in [-0.05, 0) is 13.0 Å². The first-order valence-electron chi connectivity index (χ1n) is 6.40. The van der Waals surface area contributed by atoms with Crippen LogP contribution >= 0.6 is 0 Å². The van der Waals surface area contributed by atoms with Gasteiger partial charge in [-0.25, -0.2) is 9.78 Å². The quantitative estimate of drug-likeness (QED) is 0.492. The van der Waals surface area contributed by atoms with Gasteiger partial charge in [0.1, 0.15) is 17.3 Å². The molecule has 1 atom stereocenters. The molecule has 1 heterocycles. The van der Waals surface area contributed by atoms with Gasteiger partial charge in [0.15, 0.2) is 5.78 Å². The number of fused-ring (bicyclic) bond motifs is 1. The Morgan fingerprint density at radius 1 is 1.43 bits per heavy atom. The lowest BCUT2D eigenvalue weighted by Gasteiger charge is -2.04. The van der Waals surface area contributed by atoms with E-state index >= 15 is 0 Å². The van der Waals surface area contributed by atoms with Gasteiger partial charge in [0.05, 0.1) is 4.92 Å². The van der Waals surface area contributed by atoms with Gasteiger partial charge in [-0.2, -0.15) is 0 Å². The van der Waals surface area contributed by atoms with Crippen LogP contribution in [-0.2, 0) is 4.79 Å². The molecule has 116 valence electrons. The van der Waals surface area contributed by atoms with Crippen LogP contribution in [-0.4, -0.2) is 32.8 Å². The number of carbonyl (C=O) groups excluding carboxylic acids is 1. The smallest absolute Gasteiger partial charge is 0.354 e. The number of nitro benzene ring substituents is 1. The van der Waals surface area contributed by atoms with E-state index in [2.05, 4.69) is 16.8 Å². The lowest BCUT2D eigenvalue weighted by Crippen LogP contribution is -2.25. The maximum atomic E-state index is 11.2. The maximum absolute atomic E-state index is 11.2. The van der Waals surface area contributed by atoms with E-state index in [0.717, 1.165) is 0 Å². The molecule has 0 aliphatic carbocycles. The molecule has 0 saturated carbocycles. The number of rotatable bonds is 3. The molecule has 1 aromatic carbocycles. The van der Waals surface area contributed by atoms with Gasteiger partial charge in [-0.15, -0.1) is 0 Å². The molecule has 0 spiro atoms. The van der Waals surface area contributed by atoms with E-state index in [-0.39, 0.29) is 28.2 Å². The minimum Gasteiger partial charge on any atom is -0.477 e. The minimum atomic E-state index is -1.34. The molecule has 0 aliphatic rings. The Morgan fingerprint density at radius 2 is 2.13 bits per heavy atom. The molecular formula is C15H11N3O5. The van der Waals surface area contributed by atoms with Crippen molar-refractivity contribution in [1.82, 2.24) is 4.98 Å². The van der Waals surface area contributed by atoms with Crippen molar-refractivity contribution in [2.24, 2.45) is 5.73 Å². The number of aromatic carboxylic acids is 1. The van der Waals surface area contributed by atoms with E-state index in [1.807, 2.05) is 0 Å². The fourth-order valence-corrected chi connectivity index (χ4v) is 1.85. The molecule has 23 heavy (non-hydrogen) atoms. The monoisotopic (exact) mass is 313 g/mol. The normalized spacial score (nSPS) is 11.4. The van der Waals surface area contributed by atoms with E-state index < -0.39 is 16.9 Å². The molecule has 8 nitrogen and oxygen atoms in total. The first kappa shape index (κ1) is 16.1. The average molecular weight is 313 g/mol. The molecule has 1 aromatic heterocycles. The van der Waals surface area contributed by atoms with E-state index in [1.165, 1.54) is 31.2 Å². The third-order valence-electron chi connectivity index (χ3n) is 3.03. The van der Waals surface area contributed by atoms with Crippen LogP contribution in [0.3, 0.4) is 0 Å². The van der Waals surface area contributed by atoms with Crippen LogP contribution in [0.5, 0.6) is 0 Å². The number of nitro groups is 1. The first-order chi connectivity index (χ1) is 10.8. The number of Topliss-reactive ketones (excluding diaryl/α,β-unsaturated/α-hetero) is 1. The van der Waals surface area contributed by atoms with Crippen LogP contribution < -0.4 is 5.73 Å². The van der Waals surface area contributed by atoms with Crippen LogP contribution in [0.2, 0.25) is 0 Å².